The lowest BCUT2D eigenvalue weighted by Gasteiger charge is -2.16. The molecule has 0 saturated heterocycles. The molecule has 3 atom stereocenters. The molecule has 0 radical (unpaired) electrons. The van der Waals surface area contributed by atoms with Crippen molar-refractivity contribution in [3.8, 4) is 0 Å². The third kappa shape index (κ3) is 4.94. The number of nitrogens with one attached hydrogen (secondary N) is 1. The highest BCUT2D eigenvalue weighted by Crippen LogP contribution is 2.27. The first-order valence-corrected chi connectivity index (χ1v) is 9.13. The summed E-state index contributed by atoms with van der Waals surface area (Å²) in [6.45, 7) is 3.19. The highest BCUT2D eigenvalue weighted by molar-refractivity contribution is 5.86. The molecule has 27 heavy (non-hydrogen) atoms. The predicted molar refractivity (Wildman–Crippen MR) is 96.0 cm³/mol. The Kier molecular flexibility index (Phi) is 5.90. The van der Waals surface area contributed by atoms with Gasteiger partial charge < -0.3 is 20.1 Å². The number of imidazole rings is 1. The van der Waals surface area contributed by atoms with Gasteiger partial charge in [0.1, 0.15) is 5.82 Å². The Labute approximate surface area is 157 Å². The Morgan fingerprint density at radius 3 is 2.85 bits per heavy atom. The molecule has 2 aromatic rings. The molecule has 1 amide bonds. The molecule has 0 aliphatic heterocycles. The maximum Gasteiger partial charge on any atom is 0.338 e. The standard InChI is InChI=1S/C18H25N5O4/c1-12-19-4-6-22(12)5-2-3-17(25)21-15-7-13(8-16(15)24)10-23-11-14(9-20-23)18(26)27/h4,6,9,11,13,15-16,24H,2-3,5,7-8,10H2,1H3,(H,21,25)(H,26,27)/t13?,15-,16-/m1/s1. The molecule has 0 spiro atoms. The van der Waals surface area contributed by atoms with Crippen LogP contribution in [-0.4, -0.2) is 53.6 Å². The highest BCUT2D eigenvalue weighted by Gasteiger charge is 2.34. The van der Waals surface area contributed by atoms with Crippen LogP contribution < -0.4 is 5.32 Å². The molecule has 0 bridgehead atoms. The smallest absolute Gasteiger partial charge is 0.338 e. The first kappa shape index (κ1) is 19.1. The van der Waals surface area contributed by atoms with E-state index in [4.69, 9.17) is 5.11 Å². The van der Waals surface area contributed by atoms with E-state index in [-0.39, 0.29) is 23.4 Å². The van der Waals surface area contributed by atoms with Crippen molar-refractivity contribution in [3.05, 3.63) is 36.2 Å². The van der Waals surface area contributed by atoms with E-state index in [0.29, 0.717) is 32.2 Å². The minimum atomic E-state index is -1.01. The summed E-state index contributed by atoms with van der Waals surface area (Å²) in [7, 11) is 0. The van der Waals surface area contributed by atoms with Crippen LogP contribution in [0.3, 0.4) is 0 Å². The molecule has 1 saturated carbocycles. The van der Waals surface area contributed by atoms with E-state index < -0.39 is 12.1 Å². The van der Waals surface area contributed by atoms with Gasteiger partial charge in [0, 0.05) is 38.1 Å². The quantitative estimate of drug-likeness (QED) is 0.628. The van der Waals surface area contributed by atoms with Crippen LogP contribution in [0.1, 0.15) is 41.9 Å². The van der Waals surface area contributed by atoms with Crippen LogP contribution in [0, 0.1) is 12.8 Å². The Morgan fingerprint density at radius 1 is 1.37 bits per heavy atom. The number of hydrogen-bond acceptors (Lipinski definition) is 5. The maximum atomic E-state index is 12.2. The zero-order valence-corrected chi connectivity index (χ0v) is 15.3. The Balaban J connectivity index is 1.42. The van der Waals surface area contributed by atoms with Crippen LogP contribution in [-0.2, 0) is 17.9 Å². The number of amides is 1. The normalized spacial score (nSPS) is 22.1. The van der Waals surface area contributed by atoms with Crippen LogP contribution in [0.5, 0.6) is 0 Å². The van der Waals surface area contributed by atoms with Crippen molar-refractivity contribution in [2.45, 2.75) is 57.8 Å². The van der Waals surface area contributed by atoms with Crippen molar-refractivity contribution in [1.82, 2.24) is 24.6 Å². The number of aliphatic hydroxyl groups excluding tert-OH is 1. The number of carbonyl (C=O) groups excluding carboxylic acids is 1. The minimum Gasteiger partial charge on any atom is -0.478 e. The minimum absolute atomic E-state index is 0.0651. The fraction of sp³-hybridized carbons (Fsp3) is 0.556. The number of rotatable bonds is 8. The van der Waals surface area contributed by atoms with Crippen molar-refractivity contribution in [2.75, 3.05) is 0 Å². The summed E-state index contributed by atoms with van der Waals surface area (Å²) in [6, 6.07) is -0.271. The van der Waals surface area contributed by atoms with Gasteiger partial charge in [-0.3, -0.25) is 9.48 Å². The Hall–Kier alpha value is -2.68. The fourth-order valence-corrected chi connectivity index (χ4v) is 3.59. The summed E-state index contributed by atoms with van der Waals surface area (Å²) in [5.41, 5.74) is 0.145. The highest BCUT2D eigenvalue weighted by atomic mass is 16.4. The summed E-state index contributed by atoms with van der Waals surface area (Å²) < 4.78 is 3.59. The van der Waals surface area contributed by atoms with Crippen LogP contribution in [0.4, 0.5) is 0 Å². The lowest BCUT2D eigenvalue weighted by atomic mass is 10.1. The average molecular weight is 375 g/mol. The number of carbonyl (C=O) groups is 2. The lowest BCUT2D eigenvalue weighted by Crippen LogP contribution is -2.39. The summed E-state index contributed by atoms with van der Waals surface area (Å²) in [4.78, 5) is 27.2. The molecule has 1 fully saturated rings. The summed E-state index contributed by atoms with van der Waals surface area (Å²) >= 11 is 0. The number of carboxylic acids is 1. The van der Waals surface area contributed by atoms with Gasteiger partial charge >= 0.3 is 5.97 Å². The fourth-order valence-electron chi connectivity index (χ4n) is 3.59. The van der Waals surface area contributed by atoms with Gasteiger partial charge in [0.2, 0.25) is 5.91 Å². The van der Waals surface area contributed by atoms with E-state index in [0.717, 1.165) is 12.4 Å². The molecule has 9 heteroatoms. The van der Waals surface area contributed by atoms with E-state index in [1.165, 1.54) is 12.4 Å². The average Bonchev–Trinajstić information content (AvgIpc) is 3.31. The summed E-state index contributed by atoms with van der Waals surface area (Å²) in [6.07, 6.45) is 8.15. The molecular weight excluding hydrogens is 350 g/mol. The number of hydrogen-bond donors (Lipinski definition) is 3. The van der Waals surface area contributed by atoms with Crippen LogP contribution in [0.15, 0.2) is 24.8 Å². The van der Waals surface area contributed by atoms with Gasteiger partial charge in [0.15, 0.2) is 0 Å². The zero-order valence-electron chi connectivity index (χ0n) is 15.3. The van der Waals surface area contributed by atoms with Crippen molar-refractivity contribution in [2.24, 2.45) is 5.92 Å². The Morgan fingerprint density at radius 2 is 2.19 bits per heavy atom. The molecule has 146 valence electrons. The zero-order chi connectivity index (χ0) is 19.4. The molecule has 2 aromatic heterocycles. The number of aryl methyl sites for hydroxylation is 2. The topological polar surface area (TPSA) is 122 Å². The van der Waals surface area contributed by atoms with Gasteiger partial charge in [0.25, 0.3) is 0 Å². The molecular formula is C18H25N5O4. The van der Waals surface area contributed by atoms with E-state index >= 15 is 0 Å². The van der Waals surface area contributed by atoms with E-state index in [2.05, 4.69) is 15.4 Å². The third-order valence-electron chi connectivity index (χ3n) is 5.02. The van der Waals surface area contributed by atoms with Gasteiger partial charge in [-0.15, -0.1) is 0 Å². The van der Waals surface area contributed by atoms with Gasteiger partial charge in [-0.25, -0.2) is 9.78 Å². The third-order valence-corrected chi connectivity index (χ3v) is 5.02. The molecule has 1 aliphatic carbocycles. The van der Waals surface area contributed by atoms with E-state index in [1.54, 1.807) is 10.9 Å². The van der Waals surface area contributed by atoms with Crippen LogP contribution in [0.25, 0.3) is 0 Å². The number of aromatic carboxylic acids is 1. The predicted octanol–water partition coefficient (Wildman–Crippen LogP) is 0.822. The summed E-state index contributed by atoms with van der Waals surface area (Å²) in [5, 5.41) is 26.2. The SMILES string of the molecule is Cc1nccn1CCCC(=O)N[C@@H]1CC(Cn2cc(C(=O)O)cn2)C[C@H]1O. The largest absolute Gasteiger partial charge is 0.478 e. The second-order valence-corrected chi connectivity index (χ2v) is 7.11. The molecule has 9 nitrogen and oxygen atoms in total. The van der Waals surface area contributed by atoms with Crippen LogP contribution >= 0.6 is 0 Å². The first-order valence-electron chi connectivity index (χ1n) is 9.13. The molecule has 3 N–H and O–H groups in total. The molecule has 3 rings (SSSR count). The number of nitrogens with zero attached hydrogens (tertiary/aromatic N) is 4. The van der Waals surface area contributed by atoms with Crippen LogP contribution in [0.2, 0.25) is 0 Å². The Bertz CT molecular complexity index is 799. The van der Waals surface area contributed by atoms with Crippen molar-refractivity contribution < 1.29 is 19.8 Å². The van der Waals surface area contributed by atoms with Crippen molar-refractivity contribution in [3.63, 3.8) is 0 Å². The van der Waals surface area contributed by atoms with E-state index in [9.17, 15) is 14.7 Å². The van der Waals surface area contributed by atoms with E-state index in [1.807, 2.05) is 17.7 Å². The molecule has 1 unspecified atom stereocenters. The monoisotopic (exact) mass is 375 g/mol. The van der Waals surface area contributed by atoms with Gasteiger partial charge in [-0.1, -0.05) is 0 Å². The van der Waals surface area contributed by atoms with Crippen molar-refractivity contribution >= 4 is 11.9 Å². The van der Waals surface area contributed by atoms with Crippen molar-refractivity contribution in [1.29, 1.82) is 0 Å². The molecule has 0 aromatic carbocycles. The lowest BCUT2D eigenvalue weighted by molar-refractivity contribution is -0.122. The van der Waals surface area contributed by atoms with Gasteiger partial charge in [0.05, 0.1) is 23.9 Å². The maximum absolute atomic E-state index is 12.2. The number of aliphatic hydroxyl groups is 1. The summed E-state index contributed by atoms with van der Waals surface area (Å²) in [5.74, 6) is -0.0111. The second kappa shape index (κ2) is 8.34. The van der Waals surface area contributed by atoms with Gasteiger partial charge in [-0.2, -0.15) is 5.10 Å². The van der Waals surface area contributed by atoms with Gasteiger partial charge in [-0.05, 0) is 32.1 Å². The number of aromatic nitrogens is 4. The first-order chi connectivity index (χ1) is 12.9. The molecule has 2 heterocycles. The second-order valence-electron chi connectivity index (χ2n) is 7.11. The number of carboxylic acid groups (broad SMARTS) is 1. The molecule has 1 aliphatic rings.